The molecule has 2 nitrogen and oxygen atoms in total. The Morgan fingerprint density at radius 2 is 2.33 bits per heavy atom. The minimum Gasteiger partial charge on any atom is -0.268 e. The number of hydrogen-bond acceptors (Lipinski definition) is 1. The van der Waals surface area contributed by atoms with Gasteiger partial charge in [0.25, 0.3) is 0 Å². The Bertz CT molecular complexity index is 498. The molecule has 2 aromatic rings. The van der Waals surface area contributed by atoms with Crippen LogP contribution in [0.1, 0.15) is 31.2 Å². The zero-order valence-corrected chi connectivity index (χ0v) is 9.27. The fourth-order valence-electron chi connectivity index (χ4n) is 2.50. The van der Waals surface area contributed by atoms with Gasteiger partial charge in [-0.2, -0.15) is 5.10 Å². The van der Waals surface area contributed by atoms with E-state index in [1.54, 1.807) is 0 Å². The van der Waals surface area contributed by atoms with Crippen molar-refractivity contribution >= 4 is 10.9 Å². The summed E-state index contributed by atoms with van der Waals surface area (Å²) in [6, 6.07) is 6.77. The van der Waals surface area contributed by atoms with Crippen LogP contribution in [0, 0.1) is 5.92 Å². The van der Waals surface area contributed by atoms with E-state index >= 15 is 0 Å². The first-order valence-electron chi connectivity index (χ1n) is 5.71. The van der Waals surface area contributed by atoms with Crippen LogP contribution < -0.4 is 0 Å². The average molecular weight is 200 g/mol. The largest absolute Gasteiger partial charge is 0.268 e. The highest BCUT2D eigenvalue weighted by Crippen LogP contribution is 2.49. The summed E-state index contributed by atoms with van der Waals surface area (Å²) in [7, 11) is 2.01. The fraction of sp³-hybridized carbons (Fsp3) is 0.462. The third-order valence-corrected chi connectivity index (χ3v) is 3.65. The van der Waals surface area contributed by atoms with Crippen molar-refractivity contribution in [3.8, 4) is 0 Å². The van der Waals surface area contributed by atoms with Gasteiger partial charge in [-0.25, -0.2) is 0 Å². The number of rotatable bonds is 2. The van der Waals surface area contributed by atoms with Crippen LogP contribution in [0.4, 0.5) is 0 Å². The highest BCUT2D eigenvalue weighted by molar-refractivity contribution is 5.79. The lowest BCUT2D eigenvalue weighted by molar-refractivity contribution is 0.765. The average Bonchev–Trinajstić information content (AvgIpc) is 2.97. The minimum atomic E-state index is 0.814. The normalized spacial score (nSPS) is 24.7. The van der Waals surface area contributed by atoms with Crippen LogP contribution in [0.5, 0.6) is 0 Å². The van der Waals surface area contributed by atoms with Crippen LogP contribution in [0.3, 0.4) is 0 Å². The van der Waals surface area contributed by atoms with Gasteiger partial charge in [-0.15, -0.1) is 0 Å². The summed E-state index contributed by atoms with van der Waals surface area (Å²) in [5.41, 5.74) is 2.76. The van der Waals surface area contributed by atoms with Gasteiger partial charge in [0.1, 0.15) is 0 Å². The van der Waals surface area contributed by atoms with E-state index in [0.29, 0.717) is 0 Å². The molecule has 3 rings (SSSR count). The molecular formula is C13H16N2. The van der Waals surface area contributed by atoms with Gasteiger partial charge < -0.3 is 0 Å². The minimum absolute atomic E-state index is 0.814. The van der Waals surface area contributed by atoms with Crippen LogP contribution >= 0.6 is 0 Å². The lowest BCUT2D eigenvalue weighted by Gasteiger charge is -2.00. The van der Waals surface area contributed by atoms with E-state index in [1.807, 2.05) is 17.9 Å². The molecule has 0 N–H and O–H groups in total. The van der Waals surface area contributed by atoms with Gasteiger partial charge in [-0.05, 0) is 29.9 Å². The van der Waals surface area contributed by atoms with Gasteiger partial charge in [0.2, 0.25) is 0 Å². The molecule has 2 atom stereocenters. The maximum atomic E-state index is 4.27. The zero-order valence-electron chi connectivity index (χ0n) is 9.27. The molecule has 1 aromatic carbocycles. The zero-order chi connectivity index (χ0) is 10.4. The quantitative estimate of drug-likeness (QED) is 0.728. The standard InChI is InChI=1S/C13H16N2/c1-3-9-6-12(9)10-4-5-11-8-14-15(2)13(11)7-10/h4-5,7-9,12H,3,6H2,1-2H3/t9?,12-/m0/s1. The van der Waals surface area contributed by atoms with E-state index in [-0.39, 0.29) is 0 Å². The summed E-state index contributed by atoms with van der Waals surface area (Å²) < 4.78 is 1.96. The van der Waals surface area contributed by atoms with Crippen LogP contribution in [0.25, 0.3) is 10.9 Å². The van der Waals surface area contributed by atoms with Crippen molar-refractivity contribution < 1.29 is 0 Å². The molecular weight excluding hydrogens is 184 g/mol. The van der Waals surface area contributed by atoms with E-state index in [4.69, 9.17) is 0 Å². The Labute approximate surface area is 89.9 Å². The molecule has 78 valence electrons. The third kappa shape index (κ3) is 1.36. The second kappa shape index (κ2) is 3.09. The molecule has 1 aliphatic carbocycles. The van der Waals surface area contributed by atoms with E-state index in [9.17, 15) is 0 Å². The Hall–Kier alpha value is -1.31. The maximum Gasteiger partial charge on any atom is 0.0681 e. The molecule has 0 bridgehead atoms. The lowest BCUT2D eigenvalue weighted by atomic mass is 10.1. The van der Waals surface area contributed by atoms with Crippen LogP contribution in [0.2, 0.25) is 0 Å². The maximum absolute atomic E-state index is 4.27. The summed E-state index contributed by atoms with van der Waals surface area (Å²) in [5, 5.41) is 5.52. The molecule has 0 aliphatic heterocycles. The third-order valence-electron chi connectivity index (χ3n) is 3.65. The van der Waals surface area contributed by atoms with Crippen LogP contribution in [-0.2, 0) is 7.05 Å². The molecule has 1 aliphatic rings. The number of fused-ring (bicyclic) bond motifs is 1. The van der Waals surface area contributed by atoms with Gasteiger partial charge in [0, 0.05) is 12.4 Å². The van der Waals surface area contributed by atoms with Gasteiger partial charge in [-0.1, -0.05) is 25.5 Å². The first-order chi connectivity index (χ1) is 7.29. The Morgan fingerprint density at radius 1 is 1.47 bits per heavy atom. The van der Waals surface area contributed by atoms with Crippen molar-refractivity contribution in [3.05, 3.63) is 30.0 Å². The van der Waals surface area contributed by atoms with E-state index in [2.05, 4.69) is 30.2 Å². The number of nitrogens with zero attached hydrogens (tertiary/aromatic N) is 2. The number of aryl methyl sites for hydroxylation is 1. The molecule has 1 aromatic heterocycles. The Morgan fingerprint density at radius 3 is 3.07 bits per heavy atom. The van der Waals surface area contributed by atoms with Gasteiger partial charge in [-0.3, -0.25) is 4.68 Å². The van der Waals surface area contributed by atoms with Gasteiger partial charge in [0.15, 0.2) is 0 Å². The highest BCUT2D eigenvalue weighted by atomic mass is 15.2. The second-order valence-corrected chi connectivity index (χ2v) is 4.60. The van der Waals surface area contributed by atoms with Crippen molar-refractivity contribution in [2.75, 3.05) is 0 Å². The fourth-order valence-corrected chi connectivity index (χ4v) is 2.50. The number of aromatic nitrogens is 2. The van der Waals surface area contributed by atoms with Crippen LogP contribution in [-0.4, -0.2) is 9.78 Å². The first-order valence-corrected chi connectivity index (χ1v) is 5.71. The summed E-state index contributed by atoms with van der Waals surface area (Å²) in [6.07, 6.45) is 4.62. The van der Waals surface area contributed by atoms with Gasteiger partial charge in [0.05, 0.1) is 11.7 Å². The predicted molar refractivity (Wildman–Crippen MR) is 61.9 cm³/mol. The molecule has 1 fully saturated rings. The van der Waals surface area contributed by atoms with Crippen molar-refractivity contribution in [3.63, 3.8) is 0 Å². The molecule has 0 spiro atoms. The monoisotopic (exact) mass is 200 g/mol. The Balaban J connectivity index is 2.03. The molecule has 1 saturated carbocycles. The predicted octanol–water partition coefficient (Wildman–Crippen LogP) is 3.09. The molecule has 0 saturated heterocycles. The van der Waals surface area contributed by atoms with E-state index in [1.165, 1.54) is 29.3 Å². The van der Waals surface area contributed by atoms with E-state index in [0.717, 1.165) is 11.8 Å². The summed E-state index contributed by atoms with van der Waals surface area (Å²) in [4.78, 5) is 0. The smallest absolute Gasteiger partial charge is 0.0681 e. The molecule has 0 amide bonds. The number of hydrogen-bond donors (Lipinski definition) is 0. The van der Waals surface area contributed by atoms with Crippen molar-refractivity contribution in [2.24, 2.45) is 13.0 Å². The topological polar surface area (TPSA) is 17.8 Å². The summed E-state index contributed by atoms with van der Waals surface area (Å²) >= 11 is 0. The highest BCUT2D eigenvalue weighted by Gasteiger charge is 2.36. The van der Waals surface area contributed by atoms with Gasteiger partial charge >= 0.3 is 0 Å². The Kier molecular flexibility index (Phi) is 1.84. The van der Waals surface area contributed by atoms with Crippen molar-refractivity contribution in [1.29, 1.82) is 0 Å². The van der Waals surface area contributed by atoms with Crippen LogP contribution in [0.15, 0.2) is 24.4 Å². The SMILES string of the molecule is CCC1C[C@@H]1c1ccc2cnn(C)c2c1. The summed E-state index contributed by atoms with van der Waals surface area (Å²) in [6.45, 7) is 2.28. The molecule has 2 heteroatoms. The molecule has 15 heavy (non-hydrogen) atoms. The lowest BCUT2D eigenvalue weighted by Crippen LogP contribution is -1.90. The first kappa shape index (κ1) is 8.96. The van der Waals surface area contributed by atoms with Crippen molar-refractivity contribution in [1.82, 2.24) is 9.78 Å². The van der Waals surface area contributed by atoms with Crippen molar-refractivity contribution in [2.45, 2.75) is 25.7 Å². The number of benzene rings is 1. The van der Waals surface area contributed by atoms with E-state index < -0.39 is 0 Å². The molecule has 1 unspecified atom stereocenters. The second-order valence-electron chi connectivity index (χ2n) is 4.60. The molecule has 1 heterocycles. The summed E-state index contributed by atoms with van der Waals surface area (Å²) in [5.74, 6) is 1.74. The molecule has 0 radical (unpaired) electrons.